The Kier molecular flexibility index (Phi) is 3.30. The number of fused-ring (bicyclic) bond motifs is 1. The SMILES string of the molecule is Cc1nnsc1C(=O)N1CCC2(O)CCCCC2C1. The van der Waals surface area contributed by atoms with Gasteiger partial charge in [0.25, 0.3) is 5.91 Å². The van der Waals surface area contributed by atoms with E-state index in [-0.39, 0.29) is 11.8 Å². The minimum atomic E-state index is -0.532. The molecule has 2 heterocycles. The van der Waals surface area contributed by atoms with Gasteiger partial charge < -0.3 is 10.0 Å². The number of hydrogen-bond donors (Lipinski definition) is 1. The van der Waals surface area contributed by atoms with Gasteiger partial charge in [-0.25, -0.2) is 0 Å². The van der Waals surface area contributed by atoms with Gasteiger partial charge in [0.1, 0.15) is 4.88 Å². The zero-order chi connectivity index (χ0) is 13.5. The molecule has 1 aliphatic heterocycles. The Morgan fingerprint density at radius 1 is 1.47 bits per heavy atom. The van der Waals surface area contributed by atoms with E-state index in [0.717, 1.165) is 37.2 Å². The first-order valence-corrected chi connectivity index (χ1v) is 7.68. The number of nitrogens with zero attached hydrogens (tertiary/aromatic N) is 3. The summed E-state index contributed by atoms with van der Waals surface area (Å²) in [6.07, 6.45) is 4.89. The summed E-state index contributed by atoms with van der Waals surface area (Å²) >= 11 is 1.16. The standard InChI is InChI=1S/C13H19N3O2S/c1-9-11(19-15-14-9)12(17)16-7-6-13(18)5-3-2-4-10(13)8-16/h10,18H,2-8H2,1H3. The third-order valence-electron chi connectivity index (χ3n) is 4.56. The van der Waals surface area contributed by atoms with E-state index in [9.17, 15) is 9.90 Å². The highest BCUT2D eigenvalue weighted by atomic mass is 32.1. The molecule has 1 saturated carbocycles. The highest BCUT2D eigenvalue weighted by molar-refractivity contribution is 7.07. The molecule has 0 spiro atoms. The van der Waals surface area contributed by atoms with Crippen LogP contribution in [0.5, 0.6) is 0 Å². The van der Waals surface area contributed by atoms with Crippen LogP contribution in [0.4, 0.5) is 0 Å². The molecule has 0 aromatic carbocycles. The molecule has 2 unspecified atom stereocenters. The molecule has 0 bridgehead atoms. The minimum Gasteiger partial charge on any atom is -0.389 e. The van der Waals surface area contributed by atoms with Gasteiger partial charge >= 0.3 is 0 Å². The summed E-state index contributed by atoms with van der Waals surface area (Å²) in [5.41, 5.74) is 0.176. The number of aliphatic hydroxyl groups is 1. The summed E-state index contributed by atoms with van der Waals surface area (Å²) in [5.74, 6) is 0.264. The highest BCUT2D eigenvalue weighted by Crippen LogP contribution is 2.40. The van der Waals surface area contributed by atoms with Gasteiger partial charge in [-0.15, -0.1) is 5.10 Å². The van der Waals surface area contributed by atoms with Crippen molar-refractivity contribution in [1.29, 1.82) is 0 Å². The van der Waals surface area contributed by atoms with Gasteiger partial charge in [0.05, 0.1) is 11.3 Å². The Hall–Kier alpha value is -1.01. The van der Waals surface area contributed by atoms with Crippen molar-refractivity contribution in [2.24, 2.45) is 5.92 Å². The predicted octanol–water partition coefficient (Wildman–Crippen LogP) is 1.61. The molecule has 104 valence electrons. The summed E-state index contributed by atoms with van der Waals surface area (Å²) in [7, 11) is 0. The van der Waals surface area contributed by atoms with Gasteiger partial charge in [-0.1, -0.05) is 17.3 Å². The lowest BCUT2D eigenvalue weighted by molar-refractivity contribution is -0.0885. The van der Waals surface area contributed by atoms with Crippen LogP contribution in [-0.2, 0) is 0 Å². The van der Waals surface area contributed by atoms with Crippen LogP contribution in [0.25, 0.3) is 0 Å². The molecule has 1 amide bonds. The lowest BCUT2D eigenvalue weighted by atomic mass is 9.71. The van der Waals surface area contributed by atoms with Crippen LogP contribution in [0.1, 0.15) is 47.5 Å². The summed E-state index contributed by atoms with van der Waals surface area (Å²) < 4.78 is 3.83. The molecule has 1 aromatic rings. The molecule has 1 aliphatic carbocycles. The number of aryl methyl sites for hydroxylation is 1. The largest absolute Gasteiger partial charge is 0.389 e. The van der Waals surface area contributed by atoms with Gasteiger partial charge in [0.15, 0.2) is 0 Å². The average molecular weight is 281 g/mol. The fraction of sp³-hybridized carbons (Fsp3) is 0.769. The summed E-state index contributed by atoms with van der Waals surface area (Å²) in [6.45, 7) is 3.13. The summed E-state index contributed by atoms with van der Waals surface area (Å²) in [4.78, 5) is 14.9. The van der Waals surface area contributed by atoms with E-state index >= 15 is 0 Å². The van der Waals surface area contributed by atoms with E-state index in [1.54, 1.807) is 0 Å². The molecule has 1 N–H and O–H groups in total. The number of likely N-dealkylation sites (tertiary alicyclic amines) is 1. The number of aromatic nitrogens is 2. The molecule has 0 radical (unpaired) electrons. The number of rotatable bonds is 1. The summed E-state index contributed by atoms with van der Waals surface area (Å²) in [6, 6.07) is 0. The second kappa shape index (κ2) is 4.83. The Labute approximate surface area is 116 Å². The van der Waals surface area contributed by atoms with E-state index in [1.165, 1.54) is 0 Å². The lowest BCUT2D eigenvalue weighted by Gasteiger charge is -2.47. The topological polar surface area (TPSA) is 66.3 Å². The number of carbonyl (C=O) groups excluding carboxylic acids is 1. The van der Waals surface area contributed by atoms with Gasteiger partial charge in [0, 0.05) is 19.0 Å². The first-order valence-electron chi connectivity index (χ1n) is 6.91. The maximum absolute atomic E-state index is 12.4. The van der Waals surface area contributed by atoms with Crippen LogP contribution in [0.3, 0.4) is 0 Å². The Bertz CT molecular complexity index is 490. The lowest BCUT2D eigenvalue weighted by Crippen LogP contribution is -2.54. The smallest absolute Gasteiger partial charge is 0.267 e. The van der Waals surface area contributed by atoms with Crippen molar-refractivity contribution in [1.82, 2.24) is 14.5 Å². The molecule has 1 aromatic heterocycles. The molecule has 2 fully saturated rings. The Morgan fingerprint density at radius 3 is 3.05 bits per heavy atom. The van der Waals surface area contributed by atoms with Crippen LogP contribution < -0.4 is 0 Å². The number of piperidine rings is 1. The monoisotopic (exact) mass is 281 g/mol. The molecule has 2 atom stereocenters. The number of carbonyl (C=O) groups is 1. The Balaban J connectivity index is 1.74. The van der Waals surface area contributed by atoms with Gasteiger partial charge in [0.2, 0.25) is 0 Å². The maximum atomic E-state index is 12.4. The van der Waals surface area contributed by atoms with Crippen molar-refractivity contribution in [2.75, 3.05) is 13.1 Å². The Morgan fingerprint density at radius 2 is 2.32 bits per heavy atom. The molecule has 1 saturated heterocycles. The van der Waals surface area contributed by atoms with Crippen molar-refractivity contribution >= 4 is 17.4 Å². The molecular formula is C13H19N3O2S. The first kappa shape index (κ1) is 13.0. The molecule has 5 nitrogen and oxygen atoms in total. The van der Waals surface area contributed by atoms with Crippen LogP contribution in [-0.4, -0.2) is 44.2 Å². The van der Waals surface area contributed by atoms with Crippen molar-refractivity contribution in [3.8, 4) is 0 Å². The van der Waals surface area contributed by atoms with Crippen molar-refractivity contribution in [3.05, 3.63) is 10.6 Å². The van der Waals surface area contributed by atoms with E-state index in [1.807, 2.05) is 11.8 Å². The second-order valence-electron chi connectivity index (χ2n) is 5.73. The minimum absolute atomic E-state index is 0.0279. The summed E-state index contributed by atoms with van der Waals surface area (Å²) in [5, 5.41) is 14.5. The van der Waals surface area contributed by atoms with Gasteiger partial charge in [-0.3, -0.25) is 4.79 Å². The second-order valence-corrected chi connectivity index (χ2v) is 6.49. The van der Waals surface area contributed by atoms with E-state index < -0.39 is 5.60 Å². The predicted molar refractivity (Wildman–Crippen MR) is 72.1 cm³/mol. The number of hydrogen-bond acceptors (Lipinski definition) is 5. The van der Waals surface area contributed by atoms with Crippen LogP contribution in [0.15, 0.2) is 0 Å². The van der Waals surface area contributed by atoms with E-state index in [0.29, 0.717) is 30.1 Å². The van der Waals surface area contributed by atoms with Crippen molar-refractivity contribution < 1.29 is 9.90 Å². The zero-order valence-electron chi connectivity index (χ0n) is 11.1. The highest BCUT2D eigenvalue weighted by Gasteiger charge is 2.44. The quantitative estimate of drug-likeness (QED) is 0.849. The third-order valence-corrected chi connectivity index (χ3v) is 5.38. The van der Waals surface area contributed by atoms with Crippen molar-refractivity contribution in [2.45, 2.75) is 44.6 Å². The van der Waals surface area contributed by atoms with Gasteiger partial charge in [-0.05, 0) is 37.7 Å². The van der Waals surface area contributed by atoms with Crippen LogP contribution >= 0.6 is 11.5 Å². The molecular weight excluding hydrogens is 262 g/mol. The average Bonchev–Trinajstić information content (AvgIpc) is 2.83. The molecule has 19 heavy (non-hydrogen) atoms. The molecule has 6 heteroatoms. The van der Waals surface area contributed by atoms with Crippen molar-refractivity contribution in [3.63, 3.8) is 0 Å². The molecule has 3 rings (SSSR count). The fourth-order valence-corrected chi connectivity index (χ4v) is 3.95. The van der Waals surface area contributed by atoms with Crippen LogP contribution in [0, 0.1) is 12.8 Å². The first-order chi connectivity index (χ1) is 9.10. The maximum Gasteiger partial charge on any atom is 0.267 e. The van der Waals surface area contributed by atoms with E-state index in [2.05, 4.69) is 9.59 Å². The molecule has 2 aliphatic rings. The van der Waals surface area contributed by atoms with Gasteiger partial charge in [-0.2, -0.15) is 0 Å². The van der Waals surface area contributed by atoms with E-state index in [4.69, 9.17) is 0 Å². The fourth-order valence-electron chi connectivity index (χ4n) is 3.33. The van der Waals surface area contributed by atoms with Crippen LogP contribution in [0.2, 0.25) is 0 Å². The normalized spacial score (nSPS) is 31.1. The number of amides is 1. The zero-order valence-corrected chi connectivity index (χ0v) is 11.9. The third kappa shape index (κ3) is 2.27.